The summed E-state index contributed by atoms with van der Waals surface area (Å²) < 4.78 is 4.99. The number of esters is 1. The SMILES string of the molecule is O=C(COC(=O)[C@@H]1CC(=O)N(NC(=O)c2ccccc2[N+](=O)[O-])C1)c1cccs1. The molecule has 1 aromatic carbocycles. The lowest BCUT2D eigenvalue weighted by Gasteiger charge is -2.17. The van der Waals surface area contributed by atoms with Crippen molar-refractivity contribution in [2.75, 3.05) is 13.2 Å². The maximum absolute atomic E-state index is 12.3. The van der Waals surface area contributed by atoms with Crippen LogP contribution in [-0.4, -0.2) is 46.7 Å². The van der Waals surface area contributed by atoms with E-state index in [0.29, 0.717) is 4.88 Å². The number of ketones is 1. The number of ether oxygens (including phenoxy) is 1. The van der Waals surface area contributed by atoms with Crippen LogP contribution >= 0.6 is 11.3 Å². The summed E-state index contributed by atoms with van der Waals surface area (Å²) in [6, 6.07) is 8.62. The van der Waals surface area contributed by atoms with Crippen LogP contribution < -0.4 is 5.43 Å². The Morgan fingerprint density at radius 2 is 2.00 bits per heavy atom. The highest BCUT2D eigenvalue weighted by atomic mass is 32.1. The summed E-state index contributed by atoms with van der Waals surface area (Å²) in [5.74, 6) is -3.31. The molecule has 0 radical (unpaired) electrons. The minimum atomic E-state index is -0.857. The van der Waals surface area contributed by atoms with Crippen LogP contribution in [0.4, 0.5) is 5.69 Å². The predicted molar refractivity (Wildman–Crippen MR) is 100.0 cm³/mol. The van der Waals surface area contributed by atoms with Gasteiger partial charge in [-0.15, -0.1) is 11.3 Å². The minimum absolute atomic E-state index is 0.156. The van der Waals surface area contributed by atoms with Crippen molar-refractivity contribution in [2.45, 2.75) is 6.42 Å². The summed E-state index contributed by atoms with van der Waals surface area (Å²) in [6.45, 7) is -0.593. The number of hydrogen-bond donors (Lipinski definition) is 1. The van der Waals surface area contributed by atoms with Crippen LogP contribution in [0.2, 0.25) is 0 Å². The number of benzene rings is 1. The fourth-order valence-corrected chi connectivity index (χ4v) is 3.40. The van der Waals surface area contributed by atoms with Crippen LogP contribution in [0.5, 0.6) is 0 Å². The zero-order valence-corrected chi connectivity index (χ0v) is 15.7. The second kappa shape index (κ2) is 8.61. The van der Waals surface area contributed by atoms with Crippen LogP contribution in [0.1, 0.15) is 26.5 Å². The third kappa shape index (κ3) is 4.63. The number of rotatable bonds is 7. The highest BCUT2D eigenvalue weighted by molar-refractivity contribution is 7.12. The third-order valence-corrected chi connectivity index (χ3v) is 5.09. The summed E-state index contributed by atoms with van der Waals surface area (Å²) >= 11 is 1.22. The monoisotopic (exact) mass is 417 g/mol. The van der Waals surface area contributed by atoms with E-state index in [9.17, 15) is 29.3 Å². The van der Waals surface area contributed by atoms with E-state index in [-0.39, 0.29) is 24.3 Å². The van der Waals surface area contributed by atoms with Crippen molar-refractivity contribution in [3.8, 4) is 0 Å². The summed E-state index contributed by atoms with van der Waals surface area (Å²) in [5.41, 5.74) is 1.67. The van der Waals surface area contributed by atoms with Crippen LogP contribution in [0.15, 0.2) is 41.8 Å². The minimum Gasteiger partial charge on any atom is -0.457 e. The molecule has 1 aliphatic heterocycles. The molecular formula is C18H15N3O7S. The Morgan fingerprint density at radius 1 is 1.24 bits per heavy atom. The molecule has 0 aliphatic carbocycles. The average molecular weight is 417 g/mol. The molecule has 2 amide bonds. The van der Waals surface area contributed by atoms with Gasteiger partial charge < -0.3 is 4.74 Å². The number of hydrazine groups is 1. The first-order valence-corrected chi connectivity index (χ1v) is 9.33. The first kappa shape index (κ1) is 20.1. The van der Waals surface area contributed by atoms with Gasteiger partial charge >= 0.3 is 5.97 Å². The molecule has 1 aromatic heterocycles. The second-order valence-corrected chi connectivity index (χ2v) is 7.08. The molecule has 29 heavy (non-hydrogen) atoms. The van der Waals surface area contributed by atoms with Gasteiger partial charge in [0.25, 0.3) is 11.6 Å². The van der Waals surface area contributed by atoms with Crippen molar-refractivity contribution < 1.29 is 28.8 Å². The molecule has 0 spiro atoms. The van der Waals surface area contributed by atoms with E-state index in [1.807, 2.05) is 0 Å². The Hall–Kier alpha value is -3.60. The van der Waals surface area contributed by atoms with Gasteiger partial charge in [0, 0.05) is 12.5 Å². The fraction of sp³-hybridized carbons (Fsp3) is 0.222. The van der Waals surface area contributed by atoms with Crippen molar-refractivity contribution >= 4 is 40.6 Å². The first-order chi connectivity index (χ1) is 13.9. The Balaban J connectivity index is 1.57. The quantitative estimate of drug-likeness (QED) is 0.313. The zero-order chi connectivity index (χ0) is 21.0. The summed E-state index contributed by atoms with van der Waals surface area (Å²) in [4.78, 5) is 59.3. The van der Waals surface area contributed by atoms with Gasteiger partial charge in [0.2, 0.25) is 11.7 Å². The average Bonchev–Trinajstić information content (AvgIpc) is 3.36. The van der Waals surface area contributed by atoms with E-state index in [0.717, 1.165) is 5.01 Å². The molecule has 0 unspecified atom stereocenters. The molecular weight excluding hydrogens is 402 g/mol. The van der Waals surface area contributed by atoms with E-state index in [1.54, 1.807) is 17.5 Å². The normalized spacial score (nSPS) is 15.8. The van der Waals surface area contributed by atoms with Crippen molar-refractivity contribution in [1.29, 1.82) is 0 Å². The van der Waals surface area contributed by atoms with Gasteiger partial charge in [-0.1, -0.05) is 18.2 Å². The predicted octanol–water partition coefficient (Wildman–Crippen LogP) is 1.58. The maximum Gasteiger partial charge on any atom is 0.311 e. The van der Waals surface area contributed by atoms with Gasteiger partial charge in [0.1, 0.15) is 5.56 Å². The Kier molecular flexibility index (Phi) is 5.98. The number of hydrogen-bond acceptors (Lipinski definition) is 8. The molecule has 10 nitrogen and oxygen atoms in total. The smallest absolute Gasteiger partial charge is 0.311 e. The summed E-state index contributed by atoms with van der Waals surface area (Å²) in [5, 5.41) is 13.7. The van der Waals surface area contributed by atoms with Gasteiger partial charge in [0.05, 0.1) is 22.3 Å². The lowest BCUT2D eigenvalue weighted by molar-refractivity contribution is -0.385. The molecule has 2 aromatic rings. The molecule has 0 saturated carbocycles. The number of para-hydroxylation sites is 1. The molecule has 3 rings (SSSR count). The zero-order valence-electron chi connectivity index (χ0n) is 14.9. The molecule has 0 bridgehead atoms. The Bertz CT molecular complexity index is 974. The lowest BCUT2D eigenvalue weighted by atomic mass is 10.1. The van der Waals surface area contributed by atoms with E-state index in [1.165, 1.54) is 35.6 Å². The van der Waals surface area contributed by atoms with Crippen molar-refractivity contribution in [2.24, 2.45) is 5.92 Å². The topological polar surface area (TPSA) is 136 Å². The fourth-order valence-electron chi connectivity index (χ4n) is 2.74. The number of Topliss-reactive ketones (excluding diaryl/α,β-unsaturated/α-hetero) is 1. The van der Waals surface area contributed by atoms with Crippen molar-refractivity contribution in [1.82, 2.24) is 10.4 Å². The lowest BCUT2D eigenvalue weighted by Crippen LogP contribution is -2.43. The maximum atomic E-state index is 12.3. The molecule has 2 heterocycles. The number of carbonyl (C=O) groups is 4. The second-order valence-electron chi connectivity index (χ2n) is 6.13. The van der Waals surface area contributed by atoms with E-state index in [4.69, 9.17) is 4.74 Å². The van der Waals surface area contributed by atoms with Crippen LogP contribution in [0, 0.1) is 16.0 Å². The van der Waals surface area contributed by atoms with Gasteiger partial charge in [-0.2, -0.15) is 0 Å². The largest absolute Gasteiger partial charge is 0.457 e. The van der Waals surface area contributed by atoms with Crippen LogP contribution in [0.25, 0.3) is 0 Å². The first-order valence-electron chi connectivity index (χ1n) is 8.45. The number of nitro benzene ring substituents is 1. The number of nitrogens with zero attached hydrogens (tertiary/aromatic N) is 2. The highest BCUT2D eigenvalue weighted by Crippen LogP contribution is 2.21. The number of nitro groups is 1. The van der Waals surface area contributed by atoms with Gasteiger partial charge in [-0.25, -0.2) is 0 Å². The van der Waals surface area contributed by atoms with E-state index >= 15 is 0 Å². The molecule has 1 fully saturated rings. The van der Waals surface area contributed by atoms with Gasteiger partial charge in [-0.3, -0.25) is 39.7 Å². The highest BCUT2D eigenvalue weighted by Gasteiger charge is 2.37. The standard InChI is InChI=1S/C18H15N3O7S/c22-14(15-6-3-7-29-15)10-28-18(25)11-8-16(23)20(9-11)19-17(24)12-4-1-2-5-13(12)21(26)27/h1-7,11H,8-10H2,(H,19,24)/t11-/m1/s1. The van der Waals surface area contributed by atoms with Crippen molar-refractivity contribution in [3.05, 3.63) is 62.3 Å². The molecule has 1 atom stereocenters. The molecule has 150 valence electrons. The van der Waals surface area contributed by atoms with E-state index < -0.39 is 40.9 Å². The molecule has 1 aliphatic rings. The molecule has 1 N–H and O–H groups in total. The van der Waals surface area contributed by atoms with Crippen LogP contribution in [0.3, 0.4) is 0 Å². The summed E-state index contributed by atoms with van der Waals surface area (Å²) in [7, 11) is 0. The number of thiophene rings is 1. The number of nitrogens with one attached hydrogen (secondary N) is 1. The van der Waals surface area contributed by atoms with Gasteiger partial charge in [0.15, 0.2) is 6.61 Å². The van der Waals surface area contributed by atoms with Crippen molar-refractivity contribution in [3.63, 3.8) is 0 Å². The van der Waals surface area contributed by atoms with E-state index in [2.05, 4.69) is 5.43 Å². The Labute approximate surface area is 168 Å². The third-order valence-electron chi connectivity index (χ3n) is 4.18. The number of carbonyl (C=O) groups excluding carboxylic acids is 4. The van der Waals surface area contributed by atoms with Gasteiger partial charge in [-0.05, 0) is 17.5 Å². The molecule has 1 saturated heterocycles. The van der Waals surface area contributed by atoms with Crippen LogP contribution in [-0.2, 0) is 14.3 Å². The number of amides is 2. The Morgan fingerprint density at radius 3 is 2.69 bits per heavy atom. The summed E-state index contributed by atoms with van der Waals surface area (Å²) in [6.07, 6.45) is -0.205. The molecule has 11 heteroatoms.